The van der Waals surface area contributed by atoms with E-state index in [0.29, 0.717) is 6.54 Å². The second-order valence-electron chi connectivity index (χ2n) is 2.95. The maximum absolute atomic E-state index is 9.04. The molecule has 0 unspecified atom stereocenters. The predicted molar refractivity (Wildman–Crippen MR) is 46.9 cm³/mol. The predicted octanol–water partition coefficient (Wildman–Crippen LogP) is 0.590. The summed E-state index contributed by atoms with van der Waals surface area (Å²) < 4.78 is 1.94. The van der Waals surface area contributed by atoms with Crippen LogP contribution in [-0.4, -0.2) is 21.4 Å². The molecule has 0 fully saturated rings. The minimum absolute atomic E-state index is 0.0413. The Morgan fingerprint density at radius 3 is 2.50 bits per heavy atom. The molecule has 12 heavy (non-hydrogen) atoms. The minimum Gasteiger partial charge on any atom is -0.395 e. The van der Waals surface area contributed by atoms with E-state index in [1.165, 1.54) is 0 Å². The fourth-order valence-electron chi connectivity index (χ4n) is 1.52. The van der Waals surface area contributed by atoms with Crippen LogP contribution >= 0.6 is 0 Å². The van der Waals surface area contributed by atoms with Crippen molar-refractivity contribution in [2.45, 2.75) is 27.0 Å². The van der Waals surface area contributed by atoms with Gasteiger partial charge in [0, 0.05) is 17.9 Å². The van der Waals surface area contributed by atoms with Gasteiger partial charge in [0.1, 0.15) is 0 Å². The van der Waals surface area contributed by atoms with Crippen molar-refractivity contribution in [2.75, 3.05) is 6.61 Å². The van der Waals surface area contributed by atoms with Crippen LogP contribution in [0.3, 0.4) is 0 Å². The van der Waals surface area contributed by atoms with Crippen LogP contribution in [0.4, 0.5) is 0 Å². The summed E-state index contributed by atoms with van der Waals surface area (Å²) in [5.41, 5.74) is 3.08. The van der Waals surface area contributed by atoms with Crippen molar-refractivity contribution in [1.29, 1.82) is 0 Å². The lowest BCUT2D eigenvalue weighted by Crippen LogP contribution is -2.08. The first-order valence-electron chi connectivity index (χ1n) is 4.08. The van der Waals surface area contributed by atoms with Gasteiger partial charge >= 0.3 is 0 Å². The van der Waals surface area contributed by atoms with Crippen LogP contribution in [0.15, 0.2) is 6.07 Å². The van der Waals surface area contributed by atoms with E-state index in [2.05, 4.69) is 0 Å². The van der Waals surface area contributed by atoms with Crippen LogP contribution in [0.1, 0.15) is 17.0 Å². The molecule has 0 saturated carbocycles. The van der Waals surface area contributed by atoms with Crippen LogP contribution in [0.2, 0.25) is 0 Å². The molecule has 1 aromatic heterocycles. The van der Waals surface area contributed by atoms with Crippen molar-refractivity contribution >= 4 is 0 Å². The van der Waals surface area contributed by atoms with Gasteiger partial charge < -0.3 is 14.8 Å². The fourth-order valence-corrected chi connectivity index (χ4v) is 1.52. The SMILES string of the molecule is Cc1cc(C)n(CCO)c1CO. The zero-order chi connectivity index (χ0) is 9.14. The van der Waals surface area contributed by atoms with Gasteiger partial charge in [-0.3, -0.25) is 0 Å². The molecule has 0 aliphatic carbocycles. The molecule has 68 valence electrons. The van der Waals surface area contributed by atoms with Gasteiger partial charge in [0.2, 0.25) is 0 Å². The Morgan fingerprint density at radius 2 is 2.00 bits per heavy atom. The highest BCUT2D eigenvalue weighted by molar-refractivity contribution is 5.25. The maximum atomic E-state index is 9.04. The quantitative estimate of drug-likeness (QED) is 0.695. The number of nitrogens with zero attached hydrogens (tertiary/aromatic N) is 1. The summed E-state index contributed by atoms with van der Waals surface area (Å²) >= 11 is 0. The monoisotopic (exact) mass is 169 g/mol. The van der Waals surface area contributed by atoms with E-state index in [1.54, 1.807) is 0 Å². The smallest absolute Gasteiger partial charge is 0.0835 e. The number of hydrogen-bond donors (Lipinski definition) is 2. The molecule has 0 saturated heterocycles. The van der Waals surface area contributed by atoms with Crippen molar-refractivity contribution in [2.24, 2.45) is 0 Å². The highest BCUT2D eigenvalue weighted by Crippen LogP contribution is 2.14. The van der Waals surface area contributed by atoms with E-state index in [-0.39, 0.29) is 13.2 Å². The lowest BCUT2D eigenvalue weighted by molar-refractivity contribution is 0.249. The number of aliphatic hydroxyl groups excluding tert-OH is 2. The lowest BCUT2D eigenvalue weighted by Gasteiger charge is -2.08. The lowest BCUT2D eigenvalue weighted by atomic mass is 10.3. The molecule has 0 radical (unpaired) electrons. The summed E-state index contributed by atoms with van der Waals surface area (Å²) in [6, 6.07) is 2.02. The summed E-state index contributed by atoms with van der Waals surface area (Å²) in [6.07, 6.45) is 0. The first-order valence-corrected chi connectivity index (χ1v) is 4.08. The average molecular weight is 169 g/mol. The van der Waals surface area contributed by atoms with E-state index >= 15 is 0 Å². The van der Waals surface area contributed by atoms with Crippen LogP contribution in [0.5, 0.6) is 0 Å². The van der Waals surface area contributed by atoms with Crippen LogP contribution < -0.4 is 0 Å². The average Bonchev–Trinajstić information content (AvgIpc) is 2.28. The molecule has 3 heteroatoms. The topological polar surface area (TPSA) is 45.4 Å². The summed E-state index contributed by atoms with van der Waals surface area (Å²) in [7, 11) is 0. The standard InChI is InChI=1S/C9H15NO2/c1-7-5-8(2)10(3-4-11)9(7)6-12/h5,11-12H,3-4,6H2,1-2H3. The summed E-state index contributed by atoms with van der Waals surface area (Å²) in [4.78, 5) is 0. The molecule has 0 spiro atoms. The van der Waals surface area contributed by atoms with Crippen molar-refractivity contribution in [3.05, 3.63) is 23.0 Å². The molecule has 1 aromatic rings. The van der Waals surface area contributed by atoms with Crippen molar-refractivity contribution < 1.29 is 10.2 Å². The molecule has 0 aliphatic heterocycles. The zero-order valence-electron chi connectivity index (χ0n) is 7.54. The Morgan fingerprint density at radius 1 is 1.33 bits per heavy atom. The Kier molecular flexibility index (Phi) is 2.89. The van der Waals surface area contributed by atoms with Crippen LogP contribution in [0, 0.1) is 13.8 Å². The molecule has 0 aromatic carbocycles. The van der Waals surface area contributed by atoms with Gasteiger partial charge in [-0.15, -0.1) is 0 Å². The molecule has 0 bridgehead atoms. The molecule has 0 amide bonds. The van der Waals surface area contributed by atoms with Gasteiger partial charge in [-0.05, 0) is 25.5 Å². The van der Waals surface area contributed by atoms with Gasteiger partial charge in [-0.2, -0.15) is 0 Å². The first kappa shape index (κ1) is 9.29. The van der Waals surface area contributed by atoms with Gasteiger partial charge in [-0.1, -0.05) is 0 Å². The Labute approximate surface area is 72.3 Å². The molecule has 2 N–H and O–H groups in total. The van der Waals surface area contributed by atoms with Gasteiger partial charge in [-0.25, -0.2) is 0 Å². The molecule has 3 nitrogen and oxygen atoms in total. The molecular weight excluding hydrogens is 154 g/mol. The van der Waals surface area contributed by atoms with Crippen molar-refractivity contribution in [1.82, 2.24) is 4.57 Å². The molecule has 1 rings (SSSR count). The Bertz CT molecular complexity index is 266. The van der Waals surface area contributed by atoms with Crippen molar-refractivity contribution in [3.63, 3.8) is 0 Å². The Balaban J connectivity index is 3.04. The van der Waals surface area contributed by atoms with Crippen molar-refractivity contribution in [3.8, 4) is 0 Å². The van der Waals surface area contributed by atoms with E-state index in [0.717, 1.165) is 17.0 Å². The third-order valence-electron chi connectivity index (χ3n) is 2.11. The number of hydrogen-bond acceptors (Lipinski definition) is 2. The summed E-state index contributed by atoms with van der Waals surface area (Å²) in [5.74, 6) is 0. The second kappa shape index (κ2) is 3.74. The normalized spacial score (nSPS) is 10.7. The third-order valence-corrected chi connectivity index (χ3v) is 2.11. The third kappa shape index (κ3) is 1.52. The van der Waals surface area contributed by atoms with E-state index in [9.17, 15) is 0 Å². The maximum Gasteiger partial charge on any atom is 0.0835 e. The van der Waals surface area contributed by atoms with Crippen LogP contribution in [0.25, 0.3) is 0 Å². The number of aromatic nitrogens is 1. The fraction of sp³-hybridized carbons (Fsp3) is 0.556. The molecule has 0 atom stereocenters. The molecule has 1 heterocycles. The first-order chi connectivity index (χ1) is 5.70. The van der Waals surface area contributed by atoms with Crippen LogP contribution in [-0.2, 0) is 13.2 Å². The molecular formula is C9H15NO2. The Hall–Kier alpha value is -0.800. The number of rotatable bonds is 3. The van der Waals surface area contributed by atoms with E-state index in [4.69, 9.17) is 10.2 Å². The van der Waals surface area contributed by atoms with Gasteiger partial charge in [0.15, 0.2) is 0 Å². The summed E-state index contributed by atoms with van der Waals surface area (Å²) in [5, 5.41) is 17.8. The minimum atomic E-state index is 0.0413. The number of aliphatic hydroxyl groups is 2. The highest BCUT2D eigenvalue weighted by atomic mass is 16.3. The largest absolute Gasteiger partial charge is 0.395 e. The zero-order valence-corrected chi connectivity index (χ0v) is 7.54. The second-order valence-corrected chi connectivity index (χ2v) is 2.95. The van der Waals surface area contributed by atoms with E-state index in [1.807, 2.05) is 24.5 Å². The number of aryl methyl sites for hydroxylation is 2. The van der Waals surface area contributed by atoms with Gasteiger partial charge in [0.05, 0.1) is 13.2 Å². The van der Waals surface area contributed by atoms with Gasteiger partial charge in [0.25, 0.3) is 0 Å². The molecule has 0 aliphatic rings. The highest BCUT2D eigenvalue weighted by Gasteiger charge is 2.07. The van der Waals surface area contributed by atoms with E-state index < -0.39 is 0 Å². The summed E-state index contributed by atoms with van der Waals surface area (Å²) in [6.45, 7) is 4.66.